The van der Waals surface area contributed by atoms with Crippen molar-refractivity contribution in [2.45, 2.75) is 45.6 Å². The van der Waals surface area contributed by atoms with Crippen LogP contribution in [0.4, 0.5) is 4.79 Å². The van der Waals surface area contributed by atoms with Crippen molar-refractivity contribution in [2.75, 3.05) is 32.7 Å². The first-order valence-corrected chi connectivity index (χ1v) is 7.47. The zero-order valence-corrected chi connectivity index (χ0v) is 11.8. The molecule has 2 rings (SSSR count). The molecule has 0 bridgehead atoms. The Kier molecular flexibility index (Phi) is 4.87. The van der Waals surface area contributed by atoms with Gasteiger partial charge >= 0.3 is 6.03 Å². The van der Waals surface area contributed by atoms with Crippen LogP contribution in [0.25, 0.3) is 0 Å². The minimum atomic E-state index is 0.143. The summed E-state index contributed by atoms with van der Waals surface area (Å²) in [7, 11) is 0. The van der Waals surface area contributed by atoms with E-state index in [9.17, 15) is 4.79 Å². The number of nitrogens with one attached hydrogen (secondary N) is 1. The summed E-state index contributed by atoms with van der Waals surface area (Å²) in [6.45, 7) is 9.39. The van der Waals surface area contributed by atoms with Crippen LogP contribution in [0.1, 0.15) is 39.5 Å². The third kappa shape index (κ3) is 3.37. The van der Waals surface area contributed by atoms with Crippen LogP contribution in [0, 0.1) is 5.92 Å². The van der Waals surface area contributed by atoms with Gasteiger partial charge in [-0.2, -0.15) is 0 Å². The molecule has 0 aromatic heterocycles. The molecule has 2 heterocycles. The Morgan fingerprint density at radius 2 is 2.06 bits per heavy atom. The first kappa shape index (κ1) is 13.7. The molecule has 104 valence electrons. The zero-order valence-electron chi connectivity index (χ0n) is 11.8. The number of carbonyl (C=O) groups excluding carboxylic acids is 1. The minimum Gasteiger partial charge on any atom is -0.336 e. The van der Waals surface area contributed by atoms with Crippen molar-refractivity contribution in [2.24, 2.45) is 5.92 Å². The Morgan fingerprint density at radius 3 is 2.78 bits per heavy atom. The fourth-order valence-corrected chi connectivity index (χ4v) is 3.23. The highest BCUT2D eigenvalue weighted by molar-refractivity contribution is 5.74. The molecule has 1 N–H and O–H groups in total. The van der Waals surface area contributed by atoms with Gasteiger partial charge in [-0.1, -0.05) is 13.8 Å². The molecule has 2 atom stereocenters. The van der Waals surface area contributed by atoms with E-state index in [0.29, 0.717) is 12.0 Å². The van der Waals surface area contributed by atoms with Gasteiger partial charge < -0.3 is 10.2 Å². The lowest BCUT2D eigenvalue weighted by Crippen LogP contribution is -2.48. The summed E-state index contributed by atoms with van der Waals surface area (Å²) in [6.07, 6.45) is 4.91. The normalized spacial score (nSPS) is 29.6. The van der Waals surface area contributed by atoms with Gasteiger partial charge in [0, 0.05) is 25.7 Å². The molecule has 2 aliphatic heterocycles. The SMILES string of the molecule is CCN1CCCC1CNC(=O)N1CCCC(C)C1. The van der Waals surface area contributed by atoms with E-state index < -0.39 is 0 Å². The number of rotatable bonds is 3. The third-order valence-corrected chi connectivity index (χ3v) is 4.34. The molecule has 2 unspecified atom stereocenters. The van der Waals surface area contributed by atoms with Crippen LogP contribution in [-0.2, 0) is 0 Å². The van der Waals surface area contributed by atoms with E-state index in [1.54, 1.807) is 0 Å². The van der Waals surface area contributed by atoms with E-state index in [4.69, 9.17) is 0 Å². The molecular weight excluding hydrogens is 226 g/mol. The van der Waals surface area contributed by atoms with Crippen LogP contribution < -0.4 is 5.32 Å². The Bertz CT molecular complexity index is 282. The van der Waals surface area contributed by atoms with Crippen molar-refractivity contribution in [3.8, 4) is 0 Å². The van der Waals surface area contributed by atoms with Gasteiger partial charge in [-0.05, 0) is 44.7 Å². The number of urea groups is 1. The Hall–Kier alpha value is -0.770. The molecule has 0 saturated carbocycles. The average Bonchev–Trinajstić information content (AvgIpc) is 2.83. The van der Waals surface area contributed by atoms with Gasteiger partial charge in [0.1, 0.15) is 0 Å². The lowest BCUT2D eigenvalue weighted by Gasteiger charge is -2.32. The maximum Gasteiger partial charge on any atom is 0.317 e. The number of hydrogen-bond donors (Lipinski definition) is 1. The standard InChI is InChI=1S/C14H27N3O/c1-3-16-8-5-7-13(16)10-15-14(18)17-9-4-6-12(2)11-17/h12-13H,3-11H2,1-2H3,(H,15,18). The maximum atomic E-state index is 12.1. The van der Waals surface area contributed by atoms with E-state index in [1.165, 1.54) is 25.8 Å². The summed E-state index contributed by atoms with van der Waals surface area (Å²) in [4.78, 5) is 16.5. The summed E-state index contributed by atoms with van der Waals surface area (Å²) in [5, 5.41) is 3.12. The fourth-order valence-electron chi connectivity index (χ4n) is 3.23. The summed E-state index contributed by atoms with van der Waals surface area (Å²) in [5.41, 5.74) is 0. The van der Waals surface area contributed by atoms with Gasteiger partial charge in [0.15, 0.2) is 0 Å². The fraction of sp³-hybridized carbons (Fsp3) is 0.929. The molecule has 2 amide bonds. The summed E-state index contributed by atoms with van der Waals surface area (Å²) < 4.78 is 0. The smallest absolute Gasteiger partial charge is 0.317 e. The van der Waals surface area contributed by atoms with E-state index in [-0.39, 0.29) is 6.03 Å². The monoisotopic (exact) mass is 253 g/mol. The Morgan fingerprint density at radius 1 is 1.28 bits per heavy atom. The number of nitrogens with zero attached hydrogens (tertiary/aromatic N) is 2. The lowest BCUT2D eigenvalue weighted by atomic mass is 10.0. The first-order chi connectivity index (χ1) is 8.70. The number of amides is 2. The quantitative estimate of drug-likeness (QED) is 0.834. The van der Waals surface area contributed by atoms with E-state index in [1.807, 2.05) is 4.90 Å². The van der Waals surface area contributed by atoms with E-state index in [0.717, 1.165) is 32.6 Å². The molecule has 4 heteroatoms. The van der Waals surface area contributed by atoms with Crippen LogP contribution >= 0.6 is 0 Å². The average molecular weight is 253 g/mol. The van der Waals surface area contributed by atoms with Gasteiger partial charge in [0.25, 0.3) is 0 Å². The van der Waals surface area contributed by atoms with Crippen LogP contribution in [0.5, 0.6) is 0 Å². The van der Waals surface area contributed by atoms with Gasteiger partial charge in [-0.25, -0.2) is 4.79 Å². The summed E-state index contributed by atoms with van der Waals surface area (Å²) in [6, 6.07) is 0.700. The van der Waals surface area contributed by atoms with Crippen molar-refractivity contribution >= 4 is 6.03 Å². The zero-order chi connectivity index (χ0) is 13.0. The largest absolute Gasteiger partial charge is 0.336 e. The van der Waals surface area contributed by atoms with Crippen LogP contribution in [0.3, 0.4) is 0 Å². The molecule has 0 aliphatic carbocycles. The second kappa shape index (κ2) is 6.41. The van der Waals surface area contributed by atoms with Crippen molar-refractivity contribution < 1.29 is 4.79 Å². The van der Waals surface area contributed by atoms with Crippen LogP contribution in [-0.4, -0.2) is 54.6 Å². The summed E-state index contributed by atoms with van der Waals surface area (Å²) >= 11 is 0. The number of likely N-dealkylation sites (N-methyl/N-ethyl adjacent to an activating group) is 1. The predicted molar refractivity (Wildman–Crippen MR) is 73.6 cm³/mol. The maximum absolute atomic E-state index is 12.1. The minimum absolute atomic E-state index is 0.143. The second-order valence-electron chi connectivity index (χ2n) is 5.80. The highest BCUT2D eigenvalue weighted by Gasteiger charge is 2.25. The van der Waals surface area contributed by atoms with E-state index in [2.05, 4.69) is 24.1 Å². The molecule has 2 saturated heterocycles. The molecule has 2 fully saturated rings. The second-order valence-corrected chi connectivity index (χ2v) is 5.80. The molecule has 18 heavy (non-hydrogen) atoms. The van der Waals surface area contributed by atoms with Crippen molar-refractivity contribution in [1.29, 1.82) is 0 Å². The van der Waals surface area contributed by atoms with E-state index >= 15 is 0 Å². The number of likely N-dealkylation sites (tertiary alicyclic amines) is 2. The molecular formula is C14H27N3O. The van der Waals surface area contributed by atoms with Gasteiger partial charge in [-0.15, -0.1) is 0 Å². The molecule has 0 aromatic rings. The lowest BCUT2D eigenvalue weighted by molar-refractivity contribution is 0.165. The van der Waals surface area contributed by atoms with Crippen molar-refractivity contribution in [1.82, 2.24) is 15.1 Å². The van der Waals surface area contributed by atoms with Crippen molar-refractivity contribution in [3.63, 3.8) is 0 Å². The Labute approximate surface area is 111 Å². The Balaban J connectivity index is 1.74. The van der Waals surface area contributed by atoms with Gasteiger partial charge in [0.2, 0.25) is 0 Å². The highest BCUT2D eigenvalue weighted by atomic mass is 16.2. The first-order valence-electron chi connectivity index (χ1n) is 7.47. The predicted octanol–water partition coefficient (Wildman–Crippen LogP) is 1.91. The third-order valence-electron chi connectivity index (χ3n) is 4.34. The molecule has 0 aromatic carbocycles. The number of hydrogen-bond acceptors (Lipinski definition) is 2. The molecule has 4 nitrogen and oxygen atoms in total. The van der Waals surface area contributed by atoms with Crippen LogP contribution in [0.2, 0.25) is 0 Å². The highest BCUT2D eigenvalue weighted by Crippen LogP contribution is 2.17. The number of carbonyl (C=O) groups is 1. The van der Waals surface area contributed by atoms with Gasteiger partial charge in [0.05, 0.1) is 0 Å². The van der Waals surface area contributed by atoms with Crippen LogP contribution in [0.15, 0.2) is 0 Å². The molecule has 2 aliphatic rings. The van der Waals surface area contributed by atoms with Crippen molar-refractivity contribution in [3.05, 3.63) is 0 Å². The number of piperidine rings is 1. The molecule has 0 spiro atoms. The summed E-state index contributed by atoms with van der Waals surface area (Å²) in [5.74, 6) is 0.656. The van der Waals surface area contributed by atoms with Gasteiger partial charge in [-0.3, -0.25) is 4.90 Å². The molecule has 0 radical (unpaired) electrons. The topological polar surface area (TPSA) is 35.6 Å².